The van der Waals surface area contributed by atoms with Gasteiger partial charge >= 0.3 is 0 Å². The Bertz CT molecular complexity index is 2360. The van der Waals surface area contributed by atoms with Crippen LogP contribution in [0.4, 0.5) is 0 Å². The van der Waals surface area contributed by atoms with Crippen LogP contribution in [0.1, 0.15) is 89.4 Å². The molecule has 7 rings (SSSR count). The van der Waals surface area contributed by atoms with Gasteiger partial charge in [-0.25, -0.2) is 9.67 Å². The van der Waals surface area contributed by atoms with Crippen LogP contribution >= 0.6 is 0 Å². The van der Waals surface area contributed by atoms with Crippen molar-refractivity contribution in [2.24, 2.45) is 0 Å². The molecule has 254 valence electrons. The van der Waals surface area contributed by atoms with Crippen molar-refractivity contribution in [1.82, 2.24) is 19.3 Å². The summed E-state index contributed by atoms with van der Waals surface area (Å²) in [4.78, 5) is 4.89. The van der Waals surface area contributed by atoms with E-state index >= 15 is 0 Å². The predicted molar refractivity (Wildman–Crippen MR) is 209 cm³/mol. The Morgan fingerprint density at radius 1 is 0.680 bits per heavy atom. The first-order chi connectivity index (χ1) is 23.7. The third-order valence-corrected chi connectivity index (χ3v) is 9.62. The zero-order chi connectivity index (χ0) is 35.5. The normalized spacial score (nSPS) is 12.4. The largest absolute Gasteiger partial charge is 0.457 e. The monoisotopic (exact) mass is 660 g/mol. The summed E-state index contributed by atoms with van der Waals surface area (Å²) in [6.45, 7) is 22.2. The van der Waals surface area contributed by atoms with Crippen molar-refractivity contribution in [1.29, 1.82) is 0 Å². The molecule has 0 bridgehead atoms. The molecule has 0 aliphatic carbocycles. The second-order valence-electron chi connectivity index (χ2n) is 16.0. The van der Waals surface area contributed by atoms with Gasteiger partial charge in [0.05, 0.1) is 28.1 Å². The minimum absolute atomic E-state index is 0.000239. The summed E-state index contributed by atoms with van der Waals surface area (Å²) in [6, 6.07) is 34.6. The fraction of sp³-hybridized carbons (Fsp3) is 0.289. The average Bonchev–Trinajstić information content (AvgIpc) is 3.59. The van der Waals surface area contributed by atoms with Crippen LogP contribution in [0.5, 0.6) is 11.5 Å². The molecule has 0 saturated carbocycles. The van der Waals surface area contributed by atoms with Gasteiger partial charge in [-0.2, -0.15) is 5.10 Å². The lowest BCUT2D eigenvalue weighted by atomic mass is 9.86. The highest BCUT2D eigenvalue weighted by Crippen LogP contribution is 2.40. The van der Waals surface area contributed by atoms with Crippen LogP contribution in [0.2, 0.25) is 0 Å². The van der Waals surface area contributed by atoms with Gasteiger partial charge in [0.15, 0.2) is 0 Å². The van der Waals surface area contributed by atoms with Gasteiger partial charge in [-0.1, -0.05) is 91.8 Å². The Labute approximate surface area is 296 Å². The molecule has 5 heteroatoms. The Hall–Kier alpha value is -5.16. The van der Waals surface area contributed by atoms with E-state index in [1.807, 2.05) is 6.20 Å². The second kappa shape index (κ2) is 12.3. The number of hydrogen-bond donors (Lipinski definition) is 0. The smallest absolute Gasteiger partial charge is 0.137 e. The van der Waals surface area contributed by atoms with Gasteiger partial charge in [-0.15, -0.1) is 0 Å². The van der Waals surface area contributed by atoms with E-state index in [1.165, 1.54) is 38.7 Å². The molecule has 0 radical (unpaired) electrons. The maximum absolute atomic E-state index is 6.73. The van der Waals surface area contributed by atoms with E-state index in [0.717, 1.165) is 45.3 Å². The Kier molecular flexibility index (Phi) is 8.21. The van der Waals surface area contributed by atoms with Crippen molar-refractivity contribution in [3.05, 3.63) is 131 Å². The summed E-state index contributed by atoms with van der Waals surface area (Å²) < 4.78 is 11.1. The average molecular weight is 661 g/mol. The van der Waals surface area contributed by atoms with E-state index in [-0.39, 0.29) is 10.8 Å². The fourth-order valence-corrected chi connectivity index (χ4v) is 7.10. The lowest BCUT2D eigenvalue weighted by molar-refractivity contribution is 0.481. The van der Waals surface area contributed by atoms with Crippen LogP contribution in [0.15, 0.2) is 103 Å². The topological polar surface area (TPSA) is 44.9 Å². The van der Waals surface area contributed by atoms with Crippen molar-refractivity contribution in [2.45, 2.75) is 86.0 Å². The number of fused-ring (bicyclic) bond motifs is 3. The van der Waals surface area contributed by atoms with Gasteiger partial charge < -0.3 is 4.74 Å². The molecule has 5 nitrogen and oxygen atoms in total. The molecule has 0 atom stereocenters. The molecule has 3 heterocycles. The third kappa shape index (κ3) is 6.10. The molecule has 0 unspecified atom stereocenters. The van der Waals surface area contributed by atoms with E-state index in [9.17, 15) is 0 Å². The number of aryl methyl sites for hydroxylation is 2. The Morgan fingerprint density at radius 3 is 2.14 bits per heavy atom. The van der Waals surface area contributed by atoms with E-state index in [1.54, 1.807) is 0 Å². The minimum atomic E-state index is -0.149. The highest BCUT2D eigenvalue weighted by molar-refractivity contribution is 6.09. The maximum atomic E-state index is 6.73. The van der Waals surface area contributed by atoms with Gasteiger partial charge in [0.1, 0.15) is 17.3 Å². The van der Waals surface area contributed by atoms with Gasteiger partial charge in [-0.3, -0.25) is 4.57 Å². The molecule has 3 aromatic heterocycles. The Morgan fingerprint density at radius 2 is 1.44 bits per heavy atom. The highest BCUT2D eigenvalue weighted by atomic mass is 16.5. The molecule has 0 aliphatic rings. The first-order valence-corrected chi connectivity index (χ1v) is 17.7. The van der Waals surface area contributed by atoms with E-state index in [2.05, 4.69) is 176 Å². The highest BCUT2D eigenvalue weighted by Gasteiger charge is 2.28. The molecular formula is C45H48N4O. The lowest BCUT2D eigenvalue weighted by Crippen LogP contribution is -2.18. The van der Waals surface area contributed by atoms with Crippen molar-refractivity contribution in [3.63, 3.8) is 0 Å². The van der Waals surface area contributed by atoms with Crippen LogP contribution < -0.4 is 4.74 Å². The number of ether oxygens (including phenoxy) is 1. The summed E-state index contributed by atoms with van der Waals surface area (Å²) in [5.41, 5.74) is 11.2. The van der Waals surface area contributed by atoms with E-state index < -0.39 is 0 Å². The molecule has 4 aromatic carbocycles. The third-order valence-electron chi connectivity index (χ3n) is 9.62. The number of rotatable bonds is 6. The van der Waals surface area contributed by atoms with Crippen molar-refractivity contribution in [2.75, 3.05) is 0 Å². The molecule has 0 saturated heterocycles. The maximum Gasteiger partial charge on any atom is 0.137 e. The van der Waals surface area contributed by atoms with Crippen molar-refractivity contribution in [3.8, 4) is 34.1 Å². The van der Waals surface area contributed by atoms with Crippen LogP contribution in [-0.2, 0) is 10.8 Å². The molecule has 0 spiro atoms. The second-order valence-corrected chi connectivity index (χ2v) is 16.0. The lowest BCUT2D eigenvalue weighted by Gasteiger charge is -2.23. The summed E-state index contributed by atoms with van der Waals surface area (Å²) >= 11 is 0. The molecular weight excluding hydrogens is 613 g/mol. The van der Waals surface area contributed by atoms with Gasteiger partial charge in [0.2, 0.25) is 0 Å². The van der Waals surface area contributed by atoms with E-state index in [4.69, 9.17) is 14.8 Å². The van der Waals surface area contributed by atoms with Crippen LogP contribution in [0.25, 0.3) is 44.4 Å². The summed E-state index contributed by atoms with van der Waals surface area (Å²) in [5, 5.41) is 7.52. The van der Waals surface area contributed by atoms with Crippen LogP contribution in [0, 0.1) is 13.8 Å². The summed E-state index contributed by atoms with van der Waals surface area (Å²) in [7, 11) is 0. The molecule has 0 N–H and O–H groups in total. The molecule has 0 aliphatic heterocycles. The predicted octanol–water partition coefficient (Wildman–Crippen LogP) is 12.2. The number of pyridine rings is 1. The summed E-state index contributed by atoms with van der Waals surface area (Å²) in [5.74, 6) is 2.88. The molecule has 0 fully saturated rings. The molecule has 7 aromatic rings. The molecule has 0 amide bonds. The first-order valence-electron chi connectivity index (χ1n) is 17.7. The quantitative estimate of drug-likeness (QED) is 0.178. The first kappa shape index (κ1) is 33.3. The molecule has 50 heavy (non-hydrogen) atoms. The number of nitrogens with zero attached hydrogens (tertiary/aromatic N) is 4. The van der Waals surface area contributed by atoms with Crippen molar-refractivity contribution >= 4 is 21.8 Å². The standard InChI is InChI=1S/C45H48N4O/c1-28(2)32-16-19-39-38(24-32)37-18-17-35(27-40(37)48(39)41-25-33(20-21-46-41)44(5,6)7)50-36-23-29(3)22-34(26-36)49-43(45(8,9)10)42(30(4)47-49)31-14-12-11-13-15-31/h11-28H,1-10H3. The number of aromatic nitrogens is 4. The van der Waals surface area contributed by atoms with Gasteiger partial charge in [0, 0.05) is 40.1 Å². The van der Waals surface area contributed by atoms with Gasteiger partial charge in [0.25, 0.3) is 0 Å². The summed E-state index contributed by atoms with van der Waals surface area (Å²) in [6.07, 6.45) is 1.93. The number of benzene rings is 4. The minimum Gasteiger partial charge on any atom is -0.457 e. The number of hydrogen-bond acceptors (Lipinski definition) is 3. The van der Waals surface area contributed by atoms with E-state index in [0.29, 0.717) is 5.92 Å². The Balaban J connectivity index is 1.36. The zero-order valence-electron chi connectivity index (χ0n) is 31.1. The van der Waals surface area contributed by atoms with Crippen LogP contribution in [-0.4, -0.2) is 19.3 Å². The van der Waals surface area contributed by atoms with Crippen molar-refractivity contribution < 1.29 is 4.74 Å². The van der Waals surface area contributed by atoms with Gasteiger partial charge in [-0.05, 0) is 96.0 Å². The zero-order valence-corrected chi connectivity index (χ0v) is 31.1. The van der Waals surface area contributed by atoms with Crippen LogP contribution in [0.3, 0.4) is 0 Å². The fourth-order valence-electron chi connectivity index (χ4n) is 7.10. The SMILES string of the molecule is Cc1cc(Oc2ccc3c4cc(C(C)C)ccc4n(-c4cc(C(C)(C)C)ccn4)c3c2)cc(-n2nc(C)c(-c3ccccc3)c2C(C)(C)C)c1.